The second-order valence-corrected chi connectivity index (χ2v) is 5.03. The highest BCUT2D eigenvalue weighted by molar-refractivity contribution is 5.86. The maximum Gasteiger partial charge on any atom is 0.354 e. The number of aromatic nitrogens is 1. The van der Waals surface area contributed by atoms with Gasteiger partial charge in [0.2, 0.25) is 5.82 Å². The topological polar surface area (TPSA) is 99.8 Å². The van der Waals surface area contributed by atoms with Crippen LogP contribution in [0, 0.1) is 10.1 Å². The van der Waals surface area contributed by atoms with Gasteiger partial charge in [-0.25, -0.2) is 9.78 Å². The van der Waals surface area contributed by atoms with Crippen LogP contribution in [0.2, 0.25) is 0 Å². The quantitative estimate of drug-likeness (QED) is 0.658. The summed E-state index contributed by atoms with van der Waals surface area (Å²) in [6.07, 6.45) is 0. The van der Waals surface area contributed by atoms with Gasteiger partial charge in [0.15, 0.2) is 5.69 Å². The number of hydrogen-bond acceptors (Lipinski definition) is 6. The van der Waals surface area contributed by atoms with Crippen molar-refractivity contribution in [3.63, 3.8) is 0 Å². The maximum absolute atomic E-state index is 11.1. The molecule has 0 radical (unpaired) electrons. The number of likely N-dealkylation sites (N-methyl/N-ethyl adjacent to an activating group) is 1. The Morgan fingerprint density at radius 2 is 2.24 bits per heavy atom. The Balaban J connectivity index is 2.35. The highest BCUT2D eigenvalue weighted by Gasteiger charge is 2.29. The van der Waals surface area contributed by atoms with E-state index in [0.29, 0.717) is 13.1 Å². The standard InChI is InChI=1S/C13H18N4O4/c1-3-15-6-7-16(8-9(15)2)12-11(17(20)21)5-4-10(14-12)13(18)19/h4-5,9H,3,6-8H2,1-2H3,(H,18,19). The van der Waals surface area contributed by atoms with Gasteiger partial charge in [0.25, 0.3) is 0 Å². The predicted molar refractivity (Wildman–Crippen MR) is 76.8 cm³/mol. The lowest BCUT2D eigenvalue weighted by Crippen LogP contribution is -2.52. The number of nitro groups is 1. The van der Waals surface area contributed by atoms with Gasteiger partial charge in [0.1, 0.15) is 0 Å². The first-order valence-corrected chi connectivity index (χ1v) is 6.81. The molecule has 114 valence electrons. The average molecular weight is 294 g/mol. The van der Waals surface area contributed by atoms with Crippen molar-refractivity contribution in [3.05, 3.63) is 27.9 Å². The van der Waals surface area contributed by atoms with Crippen molar-refractivity contribution in [2.24, 2.45) is 0 Å². The Morgan fingerprint density at radius 1 is 1.52 bits per heavy atom. The number of carboxylic acid groups (broad SMARTS) is 1. The molecule has 0 spiro atoms. The van der Waals surface area contributed by atoms with E-state index in [1.807, 2.05) is 6.92 Å². The summed E-state index contributed by atoms with van der Waals surface area (Å²) in [5.41, 5.74) is -0.335. The normalized spacial score (nSPS) is 19.5. The third-order valence-electron chi connectivity index (χ3n) is 3.74. The first-order valence-electron chi connectivity index (χ1n) is 6.81. The Morgan fingerprint density at radius 3 is 2.76 bits per heavy atom. The maximum atomic E-state index is 11.1. The van der Waals surface area contributed by atoms with Crippen LogP contribution in [0.3, 0.4) is 0 Å². The molecule has 1 N–H and O–H groups in total. The molecule has 1 unspecified atom stereocenters. The lowest BCUT2D eigenvalue weighted by molar-refractivity contribution is -0.384. The van der Waals surface area contributed by atoms with Gasteiger partial charge in [-0.05, 0) is 19.5 Å². The lowest BCUT2D eigenvalue weighted by Gasteiger charge is -2.39. The van der Waals surface area contributed by atoms with Crippen molar-refractivity contribution in [1.29, 1.82) is 0 Å². The largest absolute Gasteiger partial charge is 0.477 e. The van der Waals surface area contributed by atoms with Crippen LogP contribution in [0.15, 0.2) is 12.1 Å². The summed E-state index contributed by atoms with van der Waals surface area (Å²) in [6, 6.07) is 2.61. The van der Waals surface area contributed by atoms with Crippen molar-refractivity contribution in [3.8, 4) is 0 Å². The van der Waals surface area contributed by atoms with Gasteiger partial charge in [-0.15, -0.1) is 0 Å². The molecule has 0 saturated carbocycles. The molecule has 2 rings (SSSR count). The SMILES string of the molecule is CCN1CCN(c2nc(C(=O)O)ccc2[N+](=O)[O-])CC1C. The minimum Gasteiger partial charge on any atom is -0.477 e. The lowest BCUT2D eigenvalue weighted by atomic mass is 10.2. The summed E-state index contributed by atoms with van der Waals surface area (Å²) >= 11 is 0. The summed E-state index contributed by atoms with van der Waals surface area (Å²) in [5.74, 6) is -1.05. The monoisotopic (exact) mass is 294 g/mol. The van der Waals surface area contributed by atoms with E-state index >= 15 is 0 Å². The van der Waals surface area contributed by atoms with Gasteiger partial charge >= 0.3 is 11.7 Å². The Kier molecular flexibility index (Phi) is 4.37. The molecule has 1 saturated heterocycles. The molecule has 1 aromatic heterocycles. The molecule has 1 aromatic rings. The predicted octanol–water partition coefficient (Wildman–Crippen LogP) is 1.22. The Hall–Kier alpha value is -2.22. The minimum atomic E-state index is -1.19. The van der Waals surface area contributed by atoms with Gasteiger partial charge in [0.05, 0.1) is 4.92 Å². The third kappa shape index (κ3) is 3.10. The molecule has 0 aromatic carbocycles. The minimum absolute atomic E-state index is 0.141. The van der Waals surface area contributed by atoms with Crippen LogP contribution >= 0.6 is 0 Å². The second kappa shape index (κ2) is 6.04. The summed E-state index contributed by atoms with van der Waals surface area (Å²) in [6.45, 7) is 6.98. The number of carbonyl (C=O) groups is 1. The third-order valence-corrected chi connectivity index (χ3v) is 3.74. The first kappa shape index (κ1) is 15.2. The molecule has 1 atom stereocenters. The molecule has 21 heavy (non-hydrogen) atoms. The molecule has 8 nitrogen and oxygen atoms in total. The summed E-state index contributed by atoms with van der Waals surface area (Å²) in [4.78, 5) is 29.7. The summed E-state index contributed by atoms with van der Waals surface area (Å²) in [7, 11) is 0. The zero-order chi connectivity index (χ0) is 15.6. The number of piperazine rings is 1. The Labute approximate surface area is 122 Å². The van der Waals surface area contributed by atoms with E-state index in [0.717, 1.165) is 19.2 Å². The van der Waals surface area contributed by atoms with E-state index in [-0.39, 0.29) is 23.2 Å². The number of aromatic carboxylic acids is 1. The van der Waals surface area contributed by atoms with Crippen molar-refractivity contribution in [1.82, 2.24) is 9.88 Å². The van der Waals surface area contributed by atoms with E-state index in [9.17, 15) is 14.9 Å². The number of nitrogens with zero attached hydrogens (tertiary/aromatic N) is 4. The van der Waals surface area contributed by atoms with Gasteiger partial charge in [-0.2, -0.15) is 0 Å². The van der Waals surface area contributed by atoms with Crippen LogP contribution in [0.4, 0.5) is 11.5 Å². The van der Waals surface area contributed by atoms with Crippen LogP contribution in [-0.4, -0.2) is 58.1 Å². The molecule has 1 aliphatic heterocycles. The summed E-state index contributed by atoms with van der Waals surface area (Å²) in [5, 5.41) is 20.1. The molecule has 1 fully saturated rings. The fourth-order valence-electron chi connectivity index (χ4n) is 2.59. The van der Waals surface area contributed by atoms with E-state index in [4.69, 9.17) is 5.11 Å². The number of rotatable bonds is 4. The molecule has 8 heteroatoms. The van der Waals surface area contributed by atoms with E-state index in [2.05, 4.69) is 16.8 Å². The highest BCUT2D eigenvalue weighted by atomic mass is 16.6. The fraction of sp³-hybridized carbons (Fsp3) is 0.538. The van der Waals surface area contributed by atoms with E-state index < -0.39 is 10.9 Å². The van der Waals surface area contributed by atoms with Crippen LogP contribution in [0.5, 0.6) is 0 Å². The van der Waals surface area contributed by atoms with Gasteiger partial charge < -0.3 is 10.0 Å². The zero-order valence-corrected chi connectivity index (χ0v) is 12.0. The number of anilines is 1. The van der Waals surface area contributed by atoms with Crippen LogP contribution in [0.25, 0.3) is 0 Å². The van der Waals surface area contributed by atoms with Gasteiger partial charge in [-0.1, -0.05) is 6.92 Å². The molecule has 0 bridgehead atoms. The van der Waals surface area contributed by atoms with Crippen molar-refractivity contribution >= 4 is 17.5 Å². The first-order chi connectivity index (χ1) is 9.93. The zero-order valence-electron chi connectivity index (χ0n) is 12.0. The number of hydrogen-bond donors (Lipinski definition) is 1. The van der Waals surface area contributed by atoms with Gasteiger partial charge in [-0.3, -0.25) is 15.0 Å². The molecule has 0 aliphatic carbocycles. The van der Waals surface area contributed by atoms with Crippen LogP contribution < -0.4 is 4.90 Å². The summed E-state index contributed by atoms with van der Waals surface area (Å²) < 4.78 is 0. The number of pyridine rings is 1. The molecule has 0 amide bonds. The molecular formula is C13H18N4O4. The van der Waals surface area contributed by atoms with E-state index in [1.54, 1.807) is 4.90 Å². The highest BCUT2D eigenvalue weighted by Crippen LogP contribution is 2.28. The molecule has 2 heterocycles. The smallest absolute Gasteiger partial charge is 0.354 e. The van der Waals surface area contributed by atoms with Crippen LogP contribution in [0.1, 0.15) is 24.3 Å². The van der Waals surface area contributed by atoms with Gasteiger partial charge in [0, 0.05) is 31.7 Å². The Bertz CT molecular complexity index is 563. The average Bonchev–Trinajstić information content (AvgIpc) is 2.46. The van der Waals surface area contributed by atoms with Crippen LogP contribution in [-0.2, 0) is 0 Å². The van der Waals surface area contributed by atoms with E-state index in [1.165, 1.54) is 6.07 Å². The fourth-order valence-corrected chi connectivity index (χ4v) is 2.59. The van der Waals surface area contributed by atoms with Crippen molar-refractivity contribution in [2.75, 3.05) is 31.1 Å². The second-order valence-electron chi connectivity index (χ2n) is 5.03. The van der Waals surface area contributed by atoms with Crippen molar-refractivity contribution < 1.29 is 14.8 Å². The molecule has 1 aliphatic rings. The number of carboxylic acids is 1. The van der Waals surface area contributed by atoms with Crippen molar-refractivity contribution in [2.45, 2.75) is 19.9 Å². The molecular weight excluding hydrogens is 276 g/mol.